The summed E-state index contributed by atoms with van der Waals surface area (Å²) >= 11 is 10.8. The maximum Gasteiger partial charge on any atom is 0.204 e. The molecule has 0 bridgehead atoms. The molecular weight excluding hydrogens is 308 g/mol. The Kier molecular flexibility index (Phi) is 3.47. The number of hydrogen-bond acceptors (Lipinski definition) is 2. The second-order valence-electron chi connectivity index (χ2n) is 3.39. The molecule has 1 nitrogen and oxygen atoms in total. The first-order chi connectivity index (χ1) is 7.59. The van der Waals surface area contributed by atoms with Crippen molar-refractivity contribution in [2.75, 3.05) is 0 Å². The molecule has 0 aliphatic carbocycles. The van der Waals surface area contributed by atoms with Crippen molar-refractivity contribution in [2.45, 2.75) is 6.92 Å². The van der Waals surface area contributed by atoms with Crippen molar-refractivity contribution in [1.82, 2.24) is 0 Å². The molecule has 0 spiro atoms. The monoisotopic (exact) mass is 314 g/mol. The SMILES string of the molecule is Cc1ccc(C(=O)c2sccc2Br)cc1Cl. The Hall–Kier alpha value is -0.640. The summed E-state index contributed by atoms with van der Waals surface area (Å²) in [5.74, 6) is 0.00350. The number of thiophene rings is 1. The Morgan fingerprint density at radius 3 is 2.69 bits per heavy atom. The van der Waals surface area contributed by atoms with Crippen LogP contribution in [0.2, 0.25) is 5.02 Å². The van der Waals surface area contributed by atoms with Gasteiger partial charge >= 0.3 is 0 Å². The molecule has 0 aliphatic rings. The van der Waals surface area contributed by atoms with E-state index in [9.17, 15) is 4.79 Å². The Labute approximate surface area is 111 Å². The molecule has 0 fully saturated rings. The minimum atomic E-state index is 0.00350. The van der Waals surface area contributed by atoms with E-state index in [1.54, 1.807) is 12.1 Å². The van der Waals surface area contributed by atoms with Crippen molar-refractivity contribution >= 4 is 44.7 Å². The van der Waals surface area contributed by atoms with Crippen LogP contribution in [-0.2, 0) is 0 Å². The summed E-state index contributed by atoms with van der Waals surface area (Å²) in [7, 11) is 0. The van der Waals surface area contributed by atoms with Crippen molar-refractivity contribution in [1.29, 1.82) is 0 Å². The zero-order valence-electron chi connectivity index (χ0n) is 8.46. The quantitative estimate of drug-likeness (QED) is 0.734. The predicted octanol–water partition coefficient (Wildman–Crippen LogP) is 4.70. The molecule has 0 atom stereocenters. The standard InChI is InChI=1S/C12H8BrClOS/c1-7-2-3-8(6-10(7)14)11(15)12-9(13)4-5-16-12/h2-6H,1H3. The number of benzene rings is 1. The topological polar surface area (TPSA) is 17.1 Å². The lowest BCUT2D eigenvalue weighted by Gasteiger charge is -2.02. The molecule has 0 radical (unpaired) electrons. The molecule has 16 heavy (non-hydrogen) atoms. The molecule has 1 aromatic carbocycles. The molecule has 2 rings (SSSR count). The van der Waals surface area contributed by atoms with E-state index in [4.69, 9.17) is 11.6 Å². The van der Waals surface area contributed by atoms with Gasteiger partial charge in [0, 0.05) is 15.1 Å². The van der Waals surface area contributed by atoms with Gasteiger partial charge in [0.15, 0.2) is 0 Å². The van der Waals surface area contributed by atoms with Gasteiger partial charge in [-0.25, -0.2) is 0 Å². The maximum absolute atomic E-state index is 12.1. The van der Waals surface area contributed by atoms with Gasteiger partial charge in [0.05, 0.1) is 4.88 Å². The van der Waals surface area contributed by atoms with Crippen LogP contribution in [0.3, 0.4) is 0 Å². The third-order valence-electron chi connectivity index (χ3n) is 2.26. The van der Waals surface area contributed by atoms with Crippen LogP contribution in [0.1, 0.15) is 20.8 Å². The number of aryl methyl sites for hydroxylation is 1. The van der Waals surface area contributed by atoms with E-state index in [-0.39, 0.29) is 5.78 Å². The van der Waals surface area contributed by atoms with Gasteiger partial charge in [-0.2, -0.15) is 0 Å². The lowest BCUT2D eigenvalue weighted by molar-refractivity contribution is 0.104. The first-order valence-electron chi connectivity index (χ1n) is 4.63. The second kappa shape index (κ2) is 4.70. The van der Waals surface area contributed by atoms with E-state index in [1.807, 2.05) is 24.4 Å². The summed E-state index contributed by atoms with van der Waals surface area (Å²) in [5.41, 5.74) is 1.60. The average Bonchev–Trinajstić information content (AvgIpc) is 2.67. The van der Waals surface area contributed by atoms with Gasteiger partial charge in [0.25, 0.3) is 0 Å². The second-order valence-corrected chi connectivity index (χ2v) is 5.57. The molecule has 4 heteroatoms. The van der Waals surface area contributed by atoms with Crippen LogP contribution in [0.25, 0.3) is 0 Å². The van der Waals surface area contributed by atoms with E-state index in [0.29, 0.717) is 15.5 Å². The Morgan fingerprint density at radius 2 is 2.12 bits per heavy atom. The van der Waals surface area contributed by atoms with Gasteiger partial charge in [-0.05, 0) is 45.9 Å². The minimum Gasteiger partial charge on any atom is -0.288 e. The molecule has 0 unspecified atom stereocenters. The maximum atomic E-state index is 12.1. The summed E-state index contributed by atoms with van der Waals surface area (Å²) in [6.45, 7) is 1.91. The average molecular weight is 316 g/mol. The van der Waals surface area contributed by atoms with Crippen molar-refractivity contribution in [3.63, 3.8) is 0 Å². The molecule has 1 heterocycles. The van der Waals surface area contributed by atoms with E-state index < -0.39 is 0 Å². The molecule has 0 saturated heterocycles. The number of hydrogen-bond donors (Lipinski definition) is 0. The lowest BCUT2D eigenvalue weighted by Crippen LogP contribution is -1.99. The van der Waals surface area contributed by atoms with Crippen molar-refractivity contribution in [2.24, 2.45) is 0 Å². The zero-order valence-corrected chi connectivity index (χ0v) is 11.6. The number of ketones is 1. The van der Waals surface area contributed by atoms with Crippen LogP contribution < -0.4 is 0 Å². The predicted molar refractivity (Wildman–Crippen MR) is 71.6 cm³/mol. The Bertz CT molecular complexity index is 548. The third-order valence-corrected chi connectivity index (χ3v) is 4.50. The summed E-state index contributed by atoms with van der Waals surface area (Å²) < 4.78 is 0.833. The number of rotatable bonds is 2. The first-order valence-corrected chi connectivity index (χ1v) is 6.68. The first kappa shape index (κ1) is 11.8. The fraction of sp³-hybridized carbons (Fsp3) is 0.0833. The van der Waals surface area contributed by atoms with Crippen molar-refractivity contribution in [3.05, 3.63) is 55.1 Å². The minimum absolute atomic E-state index is 0.00350. The fourth-order valence-electron chi connectivity index (χ4n) is 1.32. The zero-order chi connectivity index (χ0) is 11.7. The van der Waals surface area contributed by atoms with Crippen LogP contribution in [0, 0.1) is 6.92 Å². The lowest BCUT2D eigenvalue weighted by atomic mass is 10.1. The number of halogens is 2. The van der Waals surface area contributed by atoms with Gasteiger partial charge in [-0.15, -0.1) is 11.3 Å². The van der Waals surface area contributed by atoms with Crippen LogP contribution in [0.5, 0.6) is 0 Å². The largest absolute Gasteiger partial charge is 0.288 e. The van der Waals surface area contributed by atoms with Gasteiger partial charge < -0.3 is 0 Å². The van der Waals surface area contributed by atoms with Crippen LogP contribution in [0.15, 0.2) is 34.1 Å². The molecule has 82 valence electrons. The van der Waals surface area contributed by atoms with Crippen molar-refractivity contribution in [3.8, 4) is 0 Å². The Morgan fingerprint density at radius 1 is 1.38 bits per heavy atom. The molecular formula is C12H8BrClOS. The smallest absolute Gasteiger partial charge is 0.204 e. The summed E-state index contributed by atoms with van der Waals surface area (Å²) in [6, 6.07) is 7.24. The molecule has 0 N–H and O–H groups in total. The highest BCUT2D eigenvalue weighted by Gasteiger charge is 2.14. The number of carbonyl (C=O) groups excluding carboxylic acids is 1. The summed E-state index contributed by atoms with van der Waals surface area (Å²) in [6.07, 6.45) is 0. The normalized spacial score (nSPS) is 10.4. The highest BCUT2D eigenvalue weighted by atomic mass is 79.9. The molecule has 0 amide bonds. The van der Waals surface area contributed by atoms with Crippen molar-refractivity contribution < 1.29 is 4.79 Å². The van der Waals surface area contributed by atoms with E-state index in [2.05, 4.69) is 15.9 Å². The van der Waals surface area contributed by atoms with Gasteiger partial charge in [-0.3, -0.25) is 4.79 Å². The van der Waals surface area contributed by atoms with E-state index >= 15 is 0 Å². The highest BCUT2D eigenvalue weighted by Crippen LogP contribution is 2.27. The highest BCUT2D eigenvalue weighted by molar-refractivity contribution is 9.10. The van der Waals surface area contributed by atoms with Gasteiger partial charge in [-0.1, -0.05) is 23.7 Å². The van der Waals surface area contributed by atoms with E-state index in [0.717, 1.165) is 10.0 Å². The summed E-state index contributed by atoms with van der Waals surface area (Å²) in [5, 5.41) is 2.51. The fourth-order valence-corrected chi connectivity index (χ4v) is 3.01. The summed E-state index contributed by atoms with van der Waals surface area (Å²) in [4.78, 5) is 12.8. The Balaban J connectivity index is 2.42. The molecule has 0 aliphatic heterocycles. The molecule has 2 aromatic rings. The molecule has 1 aromatic heterocycles. The van der Waals surface area contributed by atoms with Gasteiger partial charge in [0.2, 0.25) is 5.78 Å². The number of carbonyl (C=O) groups is 1. The van der Waals surface area contributed by atoms with Crippen LogP contribution >= 0.6 is 38.9 Å². The van der Waals surface area contributed by atoms with Gasteiger partial charge in [0.1, 0.15) is 0 Å². The third kappa shape index (κ3) is 2.21. The van der Waals surface area contributed by atoms with Crippen LogP contribution in [0.4, 0.5) is 0 Å². The molecule has 0 saturated carbocycles. The van der Waals surface area contributed by atoms with Crippen LogP contribution in [-0.4, -0.2) is 5.78 Å². The van der Waals surface area contributed by atoms with E-state index in [1.165, 1.54) is 11.3 Å².